The molecule has 6 heteroatoms. The van der Waals surface area contributed by atoms with Gasteiger partial charge in [0.25, 0.3) is 5.91 Å². The first-order chi connectivity index (χ1) is 11.1. The third kappa shape index (κ3) is 6.40. The second-order valence-electron chi connectivity index (χ2n) is 6.79. The van der Waals surface area contributed by atoms with E-state index in [0.29, 0.717) is 5.56 Å². The van der Waals surface area contributed by atoms with Crippen molar-refractivity contribution >= 4 is 17.8 Å². The molecular weight excluding hydrogens is 308 g/mol. The summed E-state index contributed by atoms with van der Waals surface area (Å²) in [6.07, 6.45) is 0.0522. The van der Waals surface area contributed by atoms with Gasteiger partial charge in [0.2, 0.25) is 5.91 Å². The van der Waals surface area contributed by atoms with Crippen LogP contribution in [0, 0.1) is 0 Å². The number of benzene rings is 1. The van der Waals surface area contributed by atoms with Crippen molar-refractivity contribution in [2.45, 2.75) is 39.0 Å². The van der Waals surface area contributed by atoms with Crippen LogP contribution < -0.4 is 5.32 Å². The molecule has 1 rings (SSSR count). The van der Waals surface area contributed by atoms with Gasteiger partial charge in [-0.2, -0.15) is 0 Å². The van der Waals surface area contributed by atoms with Gasteiger partial charge in [0, 0.05) is 32.1 Å². The van der Waals surface area contributed by atoms with Gasteiger partial charge in [-0.05, 0) is 23.1 Å². The van der Waals surface area contributed by atoms with Crippen molar-refractivity contribution < 1.29 is 19.5 Å². The van der Waals surface area contributed by atoms with Crippen molar-refractivity contribution in [3.05, 3.63) is 35.4 Å². The Bertz CT molecular complexity index is 588. The number of carboxylic acid groups (broad SMARTS) is 1. The molecule has 0 unspecified atom stereocenters. The molecule has 2 N–H and O–H groups in total. The highest BCUT2D eigenvalue weighted by molar-refractivity contribution is 5.94. The van der Waals surface area contributed by atoms with Crippen LogP contribution in [0.3, 0.4) is 0 Å². The summed E-state index contributed by atoms with van der Waals surface area (Å²) in [6.45, 7) is 6.70. The predicted molar refractivity (Wildman–Crippen MR) is 92.0 cm³/mol. The SMILES string of the molecule is CN(CCC(=O)O)C(=O)CCNC(=O)c1ccc(C(C)(C)C)cc1. The number of amides is 2. The minimum Gasteiger partial charge on any atom is -0.481 e. The van der Waals surface area contributed by atoms with E-state index in [1.807, 2.05) is 12.1 Å². The standard InChI is InChI=1S/C18H26N2O4/c1-18(2,3)14-7-5-13(6-8-14)17(24)19-11-9-15(21)20(4)12-10-16(22)23/h5-8H,9-12H2,1-4H3,(H,19,24)(H,22,23). The van der Waals surface area contributed by atoms with E-state index >= 15 is 0 Å². The molecule has 6 nitrogen and oxygen atoms in total. The molecule has 132 valence electrons. The molecule has 0 aromatic heterocycles. The molecule has 2 amide bonds. The van der Waals surface area contributed by atoms with Gasteiger partial charge in [-0.15, -0.1) is 0 Å². The number of nitrogens with one attached hydrogen (secondary N) is 1. The summed E-state index contributed by atoms with van der Waals surface area (Å²) in [7, 11) is 1.55. The number of rotatable bonds is 7. The fourth-order valence-corrected chi connectivity index (χ4v) is 2.09. The van der Waals surface area contributed by atoms with Gasteiger partial charge >= 0.3 is 5.97 Å². The van der Waals surface area contributed by atoms with Crippen LogP contribution in [-0.4, -0.2) is 47.9 Å². The topological polar surface area (TPSA) is 86.7 Å². The fourth-order valence-electron chi connectivity index (χ4n) is 2.09. The van der Waals surface area contributed by atoms with Crippen molar-refractivity contribution in [2.24, 2.45) is 0 Å². The Labute approximate surface area is 142 Å². The minimum atomic E-state index is -0.943. The Morgan fingerprint density at radius 1 is 1.08 bits per heavy atom. The Morgan fingerprint density at radius 2 is 1.67 bits per heavy atom. The molecule has 0 fully saturated rings. The van der Waals surface area contributed by atoms with Crippen molar-refractivity contribution in [2.75, 3.05) is 20.1 Å². The van der Waals surface area contributed by atoms with Crippen LogP contribution in [0.25, 0.3) is 0 Å². The number of hydrogen-bond donors (Lipinski definition) is 2. The summed E-state index contributed by atoms with van der Waals surface area (Å²) in [6, 6.07) is 7.41. The molecule has 0 saturated heterocycles. The molecule has 0 radical (unpaired) electrons. The van der Waals surface area contributed by atoms with E-state index in [-0.39, 0.29) is 43.2 Å². The molecule has 0 atom stereocenters. The molecule has 0 aliphatic heterocycles. The molecule has 1 aromatic carbocycles. The zero-order chi connectivity index (χ0) is 18.3. The van der Waals surface area contributed by atoms with E-state index in [4.69, 9.17) is 5.11 Å². The van der Waals surface area contributed by atoms with Crippen LogP contribution >= 0.6 is 0 Å². The summed E-state index contributed by atoms with van der Waals surface area (Å²) < 4.78 is 0. The smallest absolute Gasteiger partial charge is 0.305 e. The van der Waals surface area contributed by atoms with Gasteiger partial charge < -0.3 is 15.3 Å². The lowest BCUT2D eigenvalue weighted by molar-refractivity contribution is -0.138. The lowest BCUT2D eigenvalue weighted by Crippen LogP contribution is -2.33. The van der Waals surface area contributed by atoms with Gasteiger partial charge in [-0.3, -0.25) is 14.4 Å². The van der Waals surface area contributed by atoms with E-state index in [0.717, 1.165) is 5.56 Å². The average molecular weight is 334 g/mol. The average Bonchev–Trinajstić information content (AvgIpc) is 2.51. The summed E-state index contributed by atoms with van der Waals surface area (Å²) in [5.41, 5.74) is 1.73. The van der Waals surface area contributed by atoms with Crippen molar-refractivity contribution in [3.8, 4) is 0 Å². The van der Waals surface area contributed by atoms with Gasteiger partial charge in [0.05, 0.1) is 6.42 Å². The highest BCUT2D eigenvalue weighted by atomic mass is 16.4. The minimum absolute atomic E-state index is 0.0297. The quantitative estimate of drug-likeness (QED) is 0.799. The van der Waals surface area contributed by atoms with Crippen LogP contribution in [0.4, 0.5) is 0 Å². The van der Waals surface area contributed by atoms with Gasteiger partial charge in [-0.25, -0.2) is 0 Å². The van der Waals surface area contributed by atoms with Crippen molar-refractivity contribution in [3.63, 3.8) is 0 Å². The Hall–Kier alpha value is -2.37. The Balaban J connectivity index is 2.43. The van der Waals surface area contributed by atoms with Crippen LogP contribution in [0.5, 0.6) is 0 Å². The third-order valence-corrected chi connectivity index (χ3v) is 3.72. The lowest BCUT2D eigenvalue weighted by Gasteiger charge is -2.19. The van der Waals surface area contributed by atoms with E-state index in [1.54, 1.807) is 19.2 Å². The molecular formula is C18H26N2O4. The predicted octanol–water partition coefficient (Wildman–Crippen LogP) is 2.04. The lowest BCUT2D eigenvalue weighted by atomic mass is 9.87. The highest BCUT2D eigenvalue weighted by Gasteiger charge is 2.15. The van der Waals surface area contributed by atoms with Crippen LogP contribution in [-0.2, 0) is 15.0 Å². The second-order valence-corrected chi connectivity index (χ2v) is 6.79. The third-order valence-electron chi connectivity index (χ3n) is 3.72. The summed E-state index contributed by atoms with van der Waals surface area (Å²) >= 11 is 0. The molecule has 1 aromatic rings. The largest absolute Gasteiger partial charge is 0.481 e. The van der Waals surface area contributed by atoms with Gasteiger partial charge in [-0.1, -0.05) is 32.9 Å². The van der Waals surface area contributed by atoms with E-state index < -0.39 is 5.97 Å². The first-order valence-electron chi connectivity index (χ1n) is 7.96. The number of nitrogens with zero attached hydrogens (tertiary/aromatic N) is 1. The Kier molecular flexibility index (Phi) is 6.95. The highest BCUT2D eigenvalue weighted by Crippen LogP contribution is 2.22. The first-order valence-corrected chi connectivity index (χ1v) is 7.96. The van der Waals surface area contributed by atoms with Gasteiger partial charge in [0.1, 0.15) is 0 Å². The summed E-state index contributed by atoms with van der Waals surface area (Å²) in [5, 5.41) is 11.3. The zero-order valence-corrected chi connectivity index (χ0v) is 14.8. The molecule has 0 heterocycles. The first kappa shape index (κ1) is 19.7. The second kappa shape index (κ2) is 8.47. The number of carbonyl (C=O) groups is 3. The molecule has 0 spiro atoms. The zero-order valence-electron chi connectivity index (χ0n) is 14.8. The maximum atomic E-state index is 12.1. The molecule has 24 heavy (non-hydrogen) atoms. The monoisotopic (exact) mass is 334 g/mol. The van der Waals surface area contributed by atoms with Crippen LogP contribution in [0.2, 0.25) is 0 Å². The maximum absolute atomic E-state index is 12.1. The summed E-state index contributed by atoms with van der Waals surface area (Å²) in [5.74, 6) is -1.36. The number of carboxylic acids is 1. The number of carbonyl (C=O) groups excluding carboxylic acids is 2. The molecule has 0 bridgehead atoms. The van der Waals surface area contributed by atoms with Crippen LogP contribution in [0.15, 0.2) is 24.3 Å². The summed E-state index contributed by atoms with van der Waals surface area (Å²) in [4.78, 5) is 35.7. The number of aliphatic carboxylic acids is 1. The molecule has 0 aliphatic carbocycles. The van der Waals surface area contributed by atoms with Crippen LogP contribution in [0.1, 0.15) is 49.5 Å². The fraction of sp³-hybridized carbons (Fsp3) is 0.500. The van der Waals surface area contributed by atoms with E-state index in [2.05, 4.69) is 26.1 Å². The normalized spacial score (nSPS) is 11.0. The van der Waals surface area contributed by atoms with E-state index in [1.165, 1.54) is 4.90 Å². The number of hydrogen-bond acceptors (Lipinski definition) is 3. The molecule has 0 saturated carbocycles. The molecule has 0 aliphatic rings. The van der Waals surface area contributed by atoms with E-state index in [9.17, 15) is 14.4 Å². The Morgan fingerprint density at radius 3 is 2.17 bits per heavy atom. The maximum Gasteiger partial charge on any atom is 0.305 e. The van der Waals surface area contributed by atoms with Gasteiger partial charge in [0.15, 0.2) is 0 Å². The van der Waals surface area contributed by atoms with Crippen molar-refractivity contribution in [1.82, 2.24) is 10.2 Å². The van der Waals surface area contributed by atoms with Crippen molar-refractivity contribution in [1.29, 1.82) is 0 Å².